The molecule has 0 atom stereocenters. The second kappa shape index (κ2) is 10.3. The normalized spacial score (nSPS) is 14.1. The molecule has 0 bridgehead atoms. The lowest BCUT2D eigenvalue weighted by atomic mass is 9.96. The number of hydrogen-bond donors (Lipinski definition) is 0. The summed E-state index contributed by atoms with van der Waals surface area (Å²) < 4.78 is 15.6. The lowest BCUT2D eigenvalue weighted by Crippen LogP contribution is -2.40. The Morgan fingerprint density at radius 3 is 2.29 bits per heavy atom. The smallest absolute Gasteiger partial charge is 0.309 e. The van der Waals surface area contributed by atoms with Gasteiger partial charge in [-0.2, -0.15) is 0 Å². The first kappa shape index (κ1) is 22.6. The maximum atomic E-state index is 12.6. The molecule has 2 aromatic rings. The van der Waals surface area contributed by atoms with Gasteiger partial charge in [-0.25, -0.2) is 0 Å². The number of Topliss-reactive ketones (excluding diaryl/α,β-unsaturated/α-hetero) is 1. The third kappa shape index (κ3) is 5.55. The van der Waals surface area contributed by atoms with Gasteiger partial charge in [0.05, 0.1) is 25.7 Å². The molecule has 0 spiro atoms. The fraction of sp³-hybridized carbons (Fsp3) is 0.348. The molecule has 1 heterocycles. The molecule has 1 fully saturated rings. The molecule has 0 N–H and O–H groups in total. The summed E-state index contributed by atoms with van der Waals surface area (Å²) in [6.07, 6.45) is 0.969. The number of ketones is 1. The average Bonchev–Trinajstić information content (AvgIpc) is 2.82. The van der Waals surface area contributed by atoms with Gasteiger partial charge >= 0.3 is 5.97 Å². The van der Waals surface area contributed by atoms with Crippen molar-refractivity contribution < 1.29 is 28.6 Å². The van der Waals surface area contributed by atoms with Crippen LogP contribution in [-0.2, 0) is 9.53 Å². The number of halogens is 1. The topological polar surface area (TPSA) is 82.1 Å². The first-order chi connectivity index (χ1) is 14.9. The molecule has 0 unspecified atom stereocenters. The number of esters is 1. The van der Waals surface area contributed by atoms with E-state index < -0.39 is 5.97 Å². The highest BCUT2D eigenvalue weighted by atomic mass is 35.5. The predicted molar refractivity (Wildman–Crippen MR) is 115 cm³/mol. The summed E-state index contributed by atoms with van der Waals surface area (Å²) in [6, 6.07) is 11.5. The minimum atomic E-state index is -0.431. The van der Waals surface area contributed by atoms with Gasteiger partial charge in [0.2, 0.25) is 5.78 Å². The van der Waals surface area contributed by atoms with Crippen molar-refractivity contribution in [2.45, 2.75) is 12.8 Å². The Morgan fingerprint density at radius 2 is 1.68 bits per heavy atom. The standard InChI is InChI=1S/C23H24ClNO6/c1-29-18-7-8-19(21(13-18)30-2)20(26)14-31-23(28)16-9-11-25(12-10-16)22(27)15-3-5-17(24)6-4-15/h3-8,13,16H,9-12,14H2,1-2H3. The van der Waals surface area contributed by atoms with Crippen LogP contribution in [0.5, 0.6) is 11.5 Å². The Morgan fingerprint density at radius 1 is 1.00 bits per heavy atom. The fourth-order valence-electron chi connectivity index (χ4n) is 3.45. The van der Waals surface area contributed by atoms with Crippen molar-refractivity contribution in [1.29, 1.82) is 0 Å². The quantitative estimate of drug-likeness (QED) is 0.478. The Bertz CT molecular complexity index is 951. The molecule has 164 valence electrons. The summed E-state index contributed by atoms with van der Waals surface area (Å²) in [5.74, 6) is -0.313. The van der Waals surface area contributed by atoms with E-state index in [1.54, 1.807) is 47.4 Å². The zero-order valence-corrected chi connectivity index (χ0v) is 18.2. The van der Waals surface area contributed by atoms with E-state index in [1.165, 1.54) is 14.2 Å². The summed E-state index contributed by atoms with van der Waals surface area (Å²) in [5.41, 5.74) is 0.879. The highest BCUT2D eigenvalue weighted by Crippen LogP contribution is 2.26. The van der Waals surface area contributed by atoms with Gasteiger partial charge in [-0.05, 0) is 49.2 Å². The fourth-order valence-corrected chi connectivity index (χ4v) is 3.58. The van der Waals surface area contributed by atoms with Crippen LogP contribution in [0.15, 0.2) is 42.5 Å². The van der Waals surface area contributed by atoms with Crippen LogP contribution < -0.4 is 9.47 Å². The van der Waals surface area contributed by atoms with Gasteiger partial charge in [-0.15, -0.1) is 0 Å². The van der Waals surface area contributed by atoms with E-state index in [-0.39, 0.29) is 24.2 Å². The van der Waals surface area contributed by atoms with E-state index in [2.05, 4.69) is 0 Å². The molecule has 1 aliphatic rings. The number of carbonyl (C=O) groups is 3. The lowest BCUT2D eigenvalue weighted by molar-refractivity contribution is -0.148. The van der Waals surface area contributed by atoms with Gasteiger partial charge in [-0.3, -0.25) is 14.4 Å². The van der Waals surface area contributed by atoms with Gasteiger partial charge in [0.25, 0.3) is 5.91 Å². The molecule has 0 saturated carbocycles. The number of rotatable bonds is 7. The molecular weight excluding hydrogens is 422 g/mol. The summed E-state index contributed by atoms with van der Waals surface area (Å²) in [6.45, 7) is 0.522. The van der Waals surface area contributed by atoms with Crippen molar-refractivity contribution in [2.24, 2.45) is 5.92 Å². The average molecular weight is 446 g/mol. The number of benzene rings is 2. The van der Waals surface area contributed by atoms with Crippen LogP contribution in [-0.4, -0.2) is 56.5 Å². The van der Waals surface area contributed by atoms with E-state index in [0.29, 0.717) is 53.6 Å². The van der Waals surface area contributed by atoms with E-state index in [0.717, 1.165) is 0 Å². The monoisotopic (exact) mass is 445 g/mol. The number of piperidine rings is 1. The van der Waals surface area contributed by atoms with Gasteiger partial charge in [0.1, 0.15) is 11.5 Å². The van der Waals surface area contributed by atoms with Crippen LogP contribution in [0.4, 0.5) is 0 Å². The van der Waals surface area contributed by atoms with Crippen LogP contribution in [0.1, 0.15) is 33.6 Å². The summed E-state index contributed by atoms with van der Waals surface area (Å²) in [4.78, 5) is 39.2. The summed E-state index contributed by atoms with van der Waals surface area (Å²) in [7, 11) is 2.98. The van der Waals surface area contributed by atoms with Crippen molar-refractivity contribution in [3.8, 4) is 11.5 Å². The van der Waals surface area contributed by atoms with Crippen LogP contribution in [0.2, 0.25) is 5.02 Å². The van der Waals surface area contributed by atoms with E-state index in [1.807, 2.05) is 0 Å². The molecule has 1 amide bonds. The molecule has 1 aliphatic heterocycles. The van der Waals surface area contributed by atoms with E-state index >= 15 is 0 Å². The van der Waals surface area contributed by atoms with Gasteiger partial charge < -0.3 is 19.1 Å². The van der Waals surface area contributed by atoms with Gasteiger partial charge in [-0.1, -0.05) is 11.6 Å². The number of amides is 1. The van der Waals surface area contributed by atoms with Crippen molar-refractivity contribution in [1.82, 2.24) is 4.90 Å². The first-order valence-corrected chi connectivity index (χ1v) is 10.3. The molecular formula is C23H24ClNO6. The molecule has 8 heteroatoms. The zero-order valence-electron chi connectivity index (χ0n) is 17.4. The highest BCUT2D eigenvalue weighted by Gasteiger charge is 2.29. The Labute approximate surface area is 185 Å². The molecule has 0 aromatic heterocycles. The Balaban J connectivity index is 1.50. The molecule has 1 saturated heterocycles. The minimum Gasteiger partial charge on any atom is -0.497 e. The number of nitrogens with zero attached hydrogens (tertiary/aromatic N) is 1. The largest absolute Gasteiger partial charge is 0.497 e. The number of hydrogen-bond acceptors (Lipinski definition) is 6. The van der Waals surface area contributed by atoms with Crippen LogP contribution in [0.3, 0.4) is 0 Å². The van der Waals surface area contributed by atoms with E-state index in [4.69, 9.17) is 25.8 Å². The van der Waals surface area contributed by atoms with Crippen molar-refractivity contribution in [2.75, 3.05) is 33.9 Å². The molecule has 0 aliphatic carbocycles. The Hall–Kier alpha value is -3.06. The molecule has 2 aromatic carbocycles. The third-order valence-corrected chi connectivity index (χ3v) is 5.51. The predicted octanol–water partition coefficient (Wildman–Crippen LogP) is 3.64. The molecule has 31 heavy (non-hydrogen) atoms. The number of ether oxygens (including phenoxy) is 3. The highest BCUT2D eigenvalue weighted by molar-refractivity contribution is 6.30. The first-order valence-electron chi connectivity index (χ1n) is 9.89. The molecule has 3 rings (SSSR count). The minimum absolute atomic E-state index is 0.0923. The van der Waals surface area contributed by atoms with Crippen LogP contribution in [0.25, 0.3) is 0 Å². The second-order valence-electron chi connectivity index (χ2n) is 7.17. The number of carbonyl (C=O) groups excluding carboxylic acids is 3. The van der Waals surface area contributed by atoms with Crippen molar-refractivity contribution in [3.63, 3.8) is 0 Å². The number of likely N-dealkylation sites (tertiary alicyclic amines) is 1. The second-order valence-corrected chi connectivity index (χ2v) is 7.61. The van der Waals surface area contributed by atoms with Gasteiger partial charge in [0, 0.05) is 29.7 Å². The third-order valence-electron chi connectivity index (χ3n) is 5.26. The van der Waals surface area contributed by atoms with E-state index in [9.17, 15) is 14.4 Å². The van der Waals surface area contributed by atoms with Crippen molar-refractivity contribution >= 4 is 29.3 Å². The summed E-state index contributed by atoms with van der Waals surface area (Å²) in [5, 5.41) is 0.569. The Kier molecular flexibility index (Phi) is 7.52. The lowest BCUT2D eigenvalue weighted by Gasteiger charge is -2.31. The maximum Gasteiger partial charge on any atom is 0.309 e. The van der Waals surface area contributed by atoms with Crippen molar-refractivity contribution in [3.05, 3.63) is 58.6 Å². The SMILES string of the molecule is COc1ccc(C(=O)COC(=O)C2CCN(C(=O)c3ccc(Cl)cc3)CC2)c(OC)c1. The maximum absolute atomic E-state index is 12.6. The van der Waals surface area contributed by atoms with Crippen LogP contribution in [0, 0.1) is 5.92 Å². The summed E-state index contributed by atoms with van der Waals surface area (Å²) >= 11 is 5.86. The zero-order chi connectivity index (χ0) is 22.4. The molecule has 7 nitrogen and oxygen atoms in total. The number of methoxy groups -OCH3 is 2. The van der Waals surface area contributed by atoms with Gasteiger partial charge in [0.15, 0.2) is 6.61 Å². The van der Waals surface area contributed by atoms with Crippen LogP contribution >= 0.6 is 11.6 Å². The molecule has 0 radical (unpaired) electrons.